The van der Waals surface area contributed by atoms with Crippen molar-refractivity contribution in [2.45, 2.75) is 25.7 Å². The molecular formula is C23H26N6O3. The van der Waals surface area contributed by atoms with E-state index >= 15 is 0 Å². The van der Waals surface area contributed by atoms with E-state index < -0.39 is 0 Å². The highest BCUT2D eigenvalue weighted by Crippen LogP contribution is 2.35. The van der Waals surface area contributed by atoms with Crippen molar-refractivity contribution >= 4 is 6.03 Å². The Balaban J connectivity index is 1.39. The Bertz CT molecular complexity index is 1070. The van der Waals surface area contributed by atoms with E-state index in [1.807, 2.05) is 41.1 Å². The van der Waals surface area contributed by atoms with Crippen LogP contribution in [0.1, 0.15) is 30.1 Å². The third kappa shape index (κ3) is 4.20. The molecule has 3 aromatic heterocycles. The van der Waals surface area contributed by atoms with Crippen LogP contribution in [0.3, 0.4) is 0 Å². The molecule has 166 valence electrons. The zero-order valence-electron chi connectivity index (χ0n) is 18.1. The Kier molecular flexibility index (Phi) is 5.81. The number of hydrogen-bond acceptors (Lipinski definition) is 7. The van der Waals surface area contributed by atoms with Gasteiger partial charge in [-0.2, -0.15) is 0 Å². The summed E-state index contributed by atoms with van der Waals surface area (Å²) in [5.74, 6) is 1.53. The Morgan fingerprint density at radius 2 is 1.78 bits per heavy atom. The lowest BCUT2D eigenvalue weighted by atomic mass is 9.90. The third-order valence-corrected chi connectivity index (χ3v) is 6.08. The van der Waals surface area contributed by atoms with E-state index in [-0.39, 0.29) is 11.9 Å². The van der Waals surface area contributed by atoms with Crippen LogP contribution < -0.4 is 0 Å². The predicted octanol–water partition coefficient (Wildman–Crippen LogP) is 3.13. The predicted molar refractivity (Wildman–Crippen MR) is 117 cm³/mol. The topological polar surface area (TPSA) is 97.5 Å². The Labute approximate surface area is 186 Å². The maximum absolute atomic E-state index is 12.9. The molecule has 0 unspecified atom stereocenters. The smallest absolute Gasteiger partial charge is 0.320 e. The van der Waals surface area contributed by atoms with E-state index in [1.165, 1.54) is 0 Å². The minimum absolute atomic E-state index is 0.109. The monoisotopic (exact) mass is 434 g/mol. The fourth-order valence-corrected chi connectivity index (χ4v) is 4.33. The highest BCUT2D eigenvalue weighted by Gasteiger charge is 2.30. The molecule has 9 heteroatoms. The highest BCUT2D eigenvalue weighted by atomic mass is 16.5. The molecule has 0 atom stereocenters. The van der Waals surface area contributed by atoms with Crippen LogP contribution in [0.2, 0.25) is 0 Å². The summed E-state index contributed by atoms with van der Waals surface area (Å²) in [6.45, 7) is 5.84. The Hall–Kier alpha value is -3.33. The van der Waals surface area contributed by atoms with Gasteiger partial charge < -0.3 is 19.1 Å². The number of morpholine rings is 1. The van der Waals surface area contributed by atoms with Crippen LogP contribution in [0.5, 0.6) is 0 Å². The molecule has 2 aliphatic rings. The molecule has 0 spiro atoms. The Morgan fingerprint density at radius 3 is 2.47 bits per heavy atom. The van der Waals surface area contributed by atoms with E-state index in [0.717, 1.165) is 35.4 Å². The van der Waals surface area contributed by atoms with Crippen LogP contribution in [0.25, 0.3) is 22.7 Å². The second kappa shape index (κ2) is 9.04. The number of carbonyl (C=O) groups excluding carboxylic acids is 1. The average Bonchev–Trinajstić information content (AvgIpc) is 3.30. The standard InChI is InChI=1S/C23H26N6O3/c1-16-14-20(32-27-16)19-15-25-22(18-2-6-24-7-3-18)26-21(19)17-4-8-28(9-5-17)23(30)29-10-12-31-13-11-29/h2-3,6-7,14-15,17H,4-5,8-13H2,1H3. The van der Waals surface area contributed by atoms with E-state index in [4.69, 9.17) is 14.2 Å². The van der Waals surface area contributed by atoms with Crippen molar-refractivity contribution in [2.24, 2.45) is 0 Å². The highest BCUT2D eigenvalue weighted by molar-refractivity contribution is 5.74. The van der Waals surface area contributed by atoms with E-state index in [9.17, 15) is 4.79 Å². The fourth-order valence-electron chi connectivity index (χ4n) is 4.33. The van der Waals surface area contributed by atoms with Gasteiger partial charge in [0.15, 0.2) is 11.6 Å². The van der Waals surface area contributed by atoms with Gasteiger partial charge >= 0.3 is 6.03 Å². The average molecular weight is 435 g/mol. The van der Waals surface area contributed by atoms with Crippen molar-refractivity contribution in [3.63, 3.8) is 0 Å². The second-order valence-corrected chi connectivity index (χ2v) is 8.20. The van der Waals surface area contributed by atoms with Gasteiger partial charge in [-0.3, -0.25) is 4.98 Å². The molecule has 0 N–H and O–H groups in total. The van der Waals surface area contributed by atoms with Crippen LogP contribution in [-0.4, -0.2) is 75.3 Å². The SMILES string of the molecule is Cc1cc(-c2cnc(-c3ccncc3)nc2C2CCN(C(=O)N3CCOCC3)CC2)on1. The van der Waals surface area contributed by atoms with Crippen molar-refractivity contribution in [3.8, 4) is 22.7 Å². The van der Waals surface area contributed by atoms with E-state index in [2.05, 4.69) is 15.1 Å². The van der Waals surface area contributed by atoms with Crippen molar-refractivity contribution in [2.75, 3.05) is 39.4 Å². The van der Waals surface area contributed by atoms with Gasteiger partial charge in [-0.1, -0.05) is 5.16 Å². The van der Waals surface area contributed by atoms with Gasteiger partial charge in [0.25, 0.3) is 0 Å². The molecule has 3 aromatic rings. The van der Waals surface area contributed by atoms with E-state index in [0.29, 0.717) is 51.0 Å². The lowest BCUT2D eigenvalue weighted by Gasteiger charge is -2.37. The number of likely N-dealkylation sites (tertiary alicyclic amines) is 1. The number of aromatic nitrogens is 4. The van der Waals surface area contributed by atoms with Crippen LogP contribution in [0.15, 0.2) is 41.3 Å². The molecule has 2 aliphatic heterocycles. The molecule has 0 radical (unpaired) electrons. The van der Waals surface area contributed by atoms with E-state index in [1.54, 1.807) is 12.4 Å². The minimum Gasteiger partial charge on any atom is -0.378 e. The van der Waals surface area contributed by atoms with Crippen LogP contribution in [0, 0.1) is 6.92 Å². The first-order chi connectivity index (χ1) is 15.7. The number of pyridine rings is 1. The zero-order chi connectivity index (χ0) is 21.9. The maximum Gasteiger partial charge on any atom is 0.320 e. The number of aryl methyl sites for hydroxylation is 1. The first-order valence-corrected chi connectivity index (χ1v) is 11.0. The number of urea groups is 1. The van der Waals surface area contributed by atoms with Gasteiger partial charge in [-0.25, -0.2) is 14.8 Å². The lowest BCUT2D eigenvalue weighted by molar-refractivity contribution is 0.0411. The fraction of sp³-hybridized carbons (Fsp3) is 0.435. The summed E-state index contributed by atoms with van der Waals surface area (Å²) < 4.78 is 10.9. The quantitative estimate of drug-likeness (QED) is 0.625. The van der Waals surface area contributed by atoms with Crippen molar-refractivity contribution in [3.05, 3.63) is 48.2 Å². The van der Waals surface area contributed by atoms with Gasteiger partial charge in [0.2, 0.25) is 0 Å². The number of ether oxygens (including phenoxy) is 1. The summed E-state index contributed by atoms with van der Waals surface area (Å²) in [5, 5.41) is 4.04. The number of nitrogens with zero attached hydrogens (tertiary/aromatic N) is 6. The molecule has 5 heterocycles. The lowest BCUT2D eigenvalue weighted by Crippen LogP contribution is -2.50. The summed E-state index contributed by atoms with van der Waals surface area (Å²) in [5.41, 5.74) is 3.54. The molecule has 32 heavy (non-hydrogen) atoms. The van der Waals surface area contributed by atoms with Crippen molar-refractivity contribution in [1.82, 2.24) is 29.9 Å². The zero-order valence-corrected chi connectivity index (χ0v) is 18.1. The molecule has 2 fully saturated rings. The van der Waals surface area contributed by atoms with Gasteiger partial charge in [-0.05, 0) is 31.9 Å². The number of hydrogen-bond donors (Lipinski definition) is 0. The Morgan fingerprint density at radius 1 is 1.06 bits per heavy atom. The number of piperidine rings is 1. The van der Waals surface area contributed by atoms with Crippen molar-refractivity contribution < 1.29 is 14.1 Å². The molecule has 0 aliphatic carbocycles. The van der Waals surface area contributed by atoms with Crippen LogP contribution >= 0.6 is 0 Å². The molecular weight excluding hydrogens is 408 g/mol. The first kappa shape index (κ1) is 20.6. The maximum atomic E-state index is 12.9. The van der Waals surface area contributed by atoms with Gasteiger partial charge in [0.1, 0.15) is 0 Å². The third-order valence-electron chi connectivity index (χ3n) is 6.08. The molecule has 0 saturated carbocycles. The summed E-state index contributed by atoms with van der Waals surface area (Å²) >= 11 is 0. The van der Waals surface area contributed by atoms with Crippen LogP contribution in [0.4, 0.5) is 4.79 Å². The van der Waals surface area contributed by atoms with Crippen LogP contribution in [-0.2, 0) is 4.74 Å². The molecule has 2 saturated heterocycles. The normalized spacial score (nSPS) is 17.5. The number of amides is 2. The summed E-state index contributed by atoms with van der Waals surface area (Å²) in [6.07, 6.45) is 6.97. The second-order valence-electron chi connectivity index (χ2n) is 8.20. The van der Waals surface area contributed by atoms with Gasteiger partial charge in [0.05, 0.1) is 30.2 Å². The number of carbonyl (C=O) groups is 1. The molecule has 2 amide bonds. The summed E-state index contributed by atoms with van der Waals surface area (Å²) in [4.78, 5) is 30.3. The summed E-state index contributed by atoms with van der Waals surface area (Å²) in [6, 6.07) is 5.82. The molecule has 0 aromatic carbocycles. The van der Waals surface area contributed by atoms with Gasteiger partial charge in [0, 0.05) is 62.3 Å². The molecule has 0 bridgehead atoms. The largest absolute Gasteiger partial charge is 0.378 e. The first-order valence-electron chi connectivity index (χ1n) is 11.0. The molecule has 5 rings (SSSR count). The van der Waals surface area contributed by atoms with Crippen molar-refractivity contribution in [1.29, 1.82) is 0 Å². The van der Waals surface area contributed by atoms with Gasteiger partial charge in [-0.15, -0.1) is 0 Å². The summed E-state index contributed by atoms with van der Waals surface area (Å²) in [7, 11) is 0. The number of rotatable bonds is 3. The minimum atomic E-state index is 0.109. The molecule has 9 nitrogen and oxygen atoms in total.